The summed E-state index contributed by atoms with van der Waals surface area (Å²) in [5, 5.41) is 9.46. The zero-order valence-corrected chi connectivity index (χ0v) is 21.0. The Bertz CT molecular complexity index is 1150. The van der Waals surface area contributed by atoms with Crippen LogP contribution in [0.1, 0.15) is 47.3 Å². The molecule has 202 valence electrons. The first-order valence-corrected chi connectivity index (χ1v) is 12.3. The highest BCUT2D eigenvalue weighted by atomic mass is 32.2. The molecule has 2 aromatic rings. The molecule has 0 saturated heterocycles. The summed E-state index contributed by atoms with van der Waals surface area (Å²) >= 11 is 1.24. The van der Waals surface area contributed by atoms with Crippen LogP contribution in [0, 0.1) is 0 Å². The molecule has 2 aliphatic rings. The number of likely N-dealkylation sites (N-methyl/N-ethyl adjacent to an activating group) is 1. The van der Waals surface area contributed by atoms with Crippen LogP contribution in [0.2, 0.25) is 0 Å². The molecule has 37 heavy (non-hydrogen) atoms. The Balaban J connectivity index is 1.70. The summed E-state index contributed by atoms with van der Waals surface area (Å²) in [7, 11) is 3.11. The number of nitrogens with zero attached hydrogens (tertiary/aromatic N) is 3. The number of benzene rings is 1. The van der Waals surface area contributed by atoms with E-state index in [4.69, 9.17) is 9.47 Å². The van der Waals surface area contributed by atoms with E-state index in [-0.39, 0.29) is 43.2 Å². The second kappa shape index (κ2) is 10.5. The van der Waals surface area contributed by atoms with E-state index in [0.29, 0.717) is 23.7 Å². The summed E-state index contributed by atoms with van der Waals surface area (Å²) < 4.78 is 82.3. The highest BCUT2D eigenvalue weighted by Crippen LogP contribution is 2.47. The van der Waals surface area contributed by atoms with E-state index in [9.17, 15) is 31.9 Å². The second-order valence-electron chi connectivity index (χ2n) is 8.99. The first-order chi connectivity index (χ1) is 17.4. The normalized spacial score (nSPS) is 18.7. The number of rotatable bonds is 6. The zero-order chi connectivity index (χ0) is 27.0. The molecule has 4 rings (SSSR count). The molecular formula is C24H26F5N3O4S. The molecule has 0 unspecified atom stereocenters. The van der Waals surface area contributed by atoms with E-state index < -0.39 is 41.7 Å². The average Bonchev–Trinajstić information content (AvgIpc) is 2.99. The van der Waals surface area contributed by atoms with Crippen molar-refractivity contribution in [3.05, 3.63) is 41.1 Å². The maximum atomic E-state index is 14.2. The standard InChI is InChI=1S/C24H26F5N3O4S/c1-31-9-10-32(15-5-7-23(25,26)8-6-15)17-11-16(24(27,28)29)18(12-19(17)37-31)36-13-14-3-4-20(35-2)30-21(14)22(33)34/h3-4,11-12,15H,5-10,13H2,1-2H3,(H,33,34). The van der Waals surface area contributed by atoms with Crippen LogP contribution in [0.5, 0.6) is 11.6 Å². The first kappa shape index (κ1) is 27.2. The SMILES string of the molecule is COc1ccc(COc2cc3c(cc2C(F)(F)F)N(C2CCC(F)(F)CC2)CCN(C)S3)c(C(=O)O)n1. The van der Waals surface area contributed by atoms with Crippen LogP contribution < -0.4 is 14.4 Å². The summed E-state index contributed by atoms with van der Waals surface area (Å²) in [6, 6.07) is 4.75. The third-order valence-corrected chi connectivity index (χ3v) is 7.48. The average molecular weight is 548 g/mol. The van der Waals surface area contributed by atoms with Crippen LogP contribution in [0.15, 0.2) is 29.2 Å². The molecule has 1 aromatic carbocycles. The summed E-state index contributed by atoms with van der Waals surface area (Å²) in [6.45, 7) is 0.440. The van der Waals surface area contributed by atoms with Crippen LogP contribution in [0.4, 0.5) is 27.6 Å². The Morgan fingerprint density at radius 1 is 1.22 bits per heavy atom. The molecule has 0 bridgehead atoms. The molecule has 2 heterocycles. The Hall–Kier alpha value is -2.80. The second-order valence-corrected chi connectivity index (χ2v) is 10.2. The molecule has 1 N–H and O–H groups in total. The Labute approximate surface area is 214 Å². The smallest absolute Gasteiger partial charge is 0.420 e. The van der Waals surface area contributed by atoms with Gasteiger partial charge in [-0.1, -0.05) is 0 Å². The van der Waals surface area contributed by atoms with Gasteiger partial charge in [-0.2, -0.15) is 13.2 Å². The molecule has 0 atom stereocenters. The number of hydrogen-bond acceptors (Lipinski definition) is 7. The molecule has 7 nitrogen and oxygen atoms in total. The molecule has 0 radical (unpaired) electrons. The van der Waals surface area contributed by atoms with Crippen molar-refractivity contribution in [2.24, 2.45) is 0 Å². The lowest BCUT2D eigenvalue weighted by molar-refractivity contribution is -0.139. The van der Waals surface area contributed by atoms with Crippen molar-refractivity contribution in [1.29, 1.82) is 0 Å². The number of pyridine rings is 1. The lowest BCUT2D eigenvalue weighted by atomic mass is 9.90. The molecule has 1 fully saturated rings. The number of hydrogen-bond donors (Lipinski definition) is 1. The third kappa shape index (κ3) is 6.20. The minimum Gasteiger partial charge on any atom is -0.488 e. The molecule has 13 heteroatoms. The third-order valence-electron chi connectivity index (χ3n) is 6.46. The minimum absolute atomic E-state index is 0.0437. The number of carboxylic acids is 1. The van der Waals surface area contributed by atoms with Gasteiger partial charge >= 0.3 is 12.1 Å². The lowest BCUT2D eigenvalue weighted by Crippen LogP contribution is -2.43. The van der Waals surface area contributed by atoms with Crippen LogP contribution >= 0.6 is 11.9 Å². The van der Waals surface area contributed by atoms with Gasteiger partial charge in [0, 0.05) is 43.6 Å². The van der Waals surface area contributed by atoms with Gasteiger partial charge in [0.15, 0.2) is 5.69 Å². The van der Waals surface area contributed by atoms with Gasteiger partial charge in [-0.15, -0.1) is 0 Å². The molecule has 0 spiro atoms. The quantitative estimate of drug-likeness (QED) is 0.364. The van der Waals surface area contributed by atoms with Gasteiger partial charge < -0.3 is 19.5 Å². The van der Waals surface area contributed by atoms with Gasteiger partial charge in [0.05, 0.1) is 23.3 Å². The number of anilines is 1. The van der Waals surface area contributed by atoms with Gasteiger partial charge in [0.2, 0.25) is 11.8 Å². The first-order valence-electron chi connectivity index (χ1n) is 11.6. The zero-order valence-electron chi connectivity index (χ0n) is 20.1. The Morgan fingerprint density at radius 3 is 2.54 bits per heavy atom. The number of carbonyl (C=O) groups is 1. The van der Waals surface area contributed by atoms with Crippen molar-refractivity contribution in [3.8, 4) is 11.6 Å². The lowest BCUT2D eigenvalue weighted by Gasteiger charge is -2.38. The van der Waals surface area contributed by atoms with E-state index >= 15 is 0 Å². The number of aromatic carboxylic acids is 1. The molecule has 1 saturated carbocycles. The Kier molecular flexibility index (Phi) is 7.75. The van der Waals surface area contributed by atoms with Crippen LogP contribution in [-0.4, -0.2) is 59.6 Å². The molecular weight excluding hydrogens is 521 g/mol. The predicted molar refractivity (Wildman–Crippen MR) is 127 cm³/mol. The number of alkyl halides is 5. The monoisotopic (exact) mass is 547 g/mol. The number of aromatic nitrogens is 1. The van der Waals surface area contributed by atoms with Crippen molar-refractivity contribution in [2.45, 2.75) is 55.3 Å². The Morgan fingerprint density at radius 2 is 1.92 bits per heavy atom. The summed E-state index contributed by atoms with van der Waals surface area (Å²) in [5.74, 6) is -4.55. The largest absolute Gasteiger partial charge is 0.488 e. The number of ether oxygens (including phenoxy) is 2. The number of fused-ring (bicyclic) bond motifs is 1. The van der Waals surface area contributed by atoms with Gasteiger partial charge in [-0.3, -0.25) is 0 Å². The maximum absolute atomic E-state index is 14.2. The predicted octanol–water partition coefficient (Wildman–Crippen LogP) is 5.72. The highest BCUT2D eigenvalue weighted by Gasteiger charge is 2.40. The van der Waals surface area contributed by atoms with Gasteiger partial charge in [-0.25, -0.2) is 22.9 Å². The van der Waals surface area contributed by atoms with E-state index in [2.05, 4.69) is 4.98 Å². The highest BCUT2D eigenvalue weighted by molar-refractivity contribution is 7.97. The van der Waals surface area contributed by atoms with Crippen LogP contribution in [-0.2, 0) is 12.8 Å². The molecule has 1 aliphatic heterocycles. The molecule has 1 aromatic heterocycles. The van der Waals surface area contributed by atoms with E-state index in [1.807, 2.05) is 4.31 Å². The maximum Gasteiger partial charge on any atom is 0.420 e. The van der Waals surface area contributed by atoms with Crippen molar-refractivity contribution < 1.29 is 41.3 Å². The van der Waals surface area contributed by atoms with Crippen molar-refractivity contribution in [1.82, 2.24) is 9.29 Å². The fourth-order valence-corrected chi connectivity index (χ4v) is 5.47. The van der Waals surface area contributed by atoms with E-state index in [0.717, 1.165) is 6.07 Å². The van der Waals surface area contributed by atoms with E-state index in [1.54, 1.807) is 11.9 Å². The summed E-state index contributed by atoms with van der Waals surface area (Å²) in [6.07, 6.45) is -5.01. The molecule has 0 amide bonds. The van der Waals surface area contributed by atoms with Crippen molar-refractivity contribution in [3.63, 3.8) is 0 Å². The van der Waals surface area contributed by atoms with Crippen molar-refractivity contribution in [2.75, 3.05) is 32.1 Å². The minimum atomic E-state index is -4.77. The number of halogens is 5. The van der Waals surface area contributed by atoms with Crippen molar-refractivity contribution >= 4 is 23.6 Å². The molecule has 1 aliphatic carbocycles. The fourth-order valence-electron chi connectivity index (χ4n) is 4.53. The van der Waals surface area contributed by atoms with E-state index in [1.165, 1.54) is 37.3 Å². The van der Waals surface area contributed by atoms with Gasteiger partial charge in [0.25, 0.3) is 0 Å². The van der Waals surface area contributed by atoms with Crippen LogP contribution in [0.25, 0.3) is 0 Å². The topological polar surface area (TPSA) is 75.1 Å². The summed E-state index contributed by atoms with van der Waals surface area (Å²) in [4.78, 5) is 17.7. The van der Waals surface area contributed by atoms with Gasteiger partial charge in [0.1, 0.15) is 12.4 Å². The van der Waals surface area contributed by atoms with Gasteiger partial charge in [-0.05, 0) is 50.0 Å². The number of methoxy groups -OCH3 is 1. The number of carboxylic acid groups (broad SMARTS) is 1. The fraction of sp³-hybridized carbons (Fsp3) is 0.500. The summed E-state index contributed by atoms with van der Waals surface area (Å²) in [5.41, 5.74) is -1.02. The van der Waals surface area contributed by atoms with Crippen LogP contribution in [0.3, 0.4) is 0 Å².